The van der Waals surface area contributed by atoms with Gasteiger partial charge in [-0.1, -0.05) is 29.3 Å². The molecule has 9 heteroatoms. The number of thiophene rings is 2. The summed E-state index contributed by atoms with van der Waals surface area (Å²) >= 11 is 15.7. The Morgan fingerprint density at radius 1 is 1.29 bits per heavy atom. The van der Waals surface area contributed by atoms with Gasteiger partial charge >= 0.3 is 0 Å². The van der Waals surface area contributed by atoms with E-state index in [0.29, 0.717) is 33.3 Å². The van der Waals surface area contributed by atoms with Crippen molar-refractivity contribution in [3.63, 3.8) is 0 Å². The summed E-state index contributed by atoms with van der Waals surface area (Å²) in [6.07, 6.45) is 0.446. The molecule has 0 radical (unpaired) electrons. The summed E-state index contributed by atoms with van der Waals surface area (Å²) in [5, 5.41) is 3.49. The Kier molecular flexibility index (Phi) is 5.48. The molecule has 2 aromatic heterocycles. The minimum atomic E-state index is -3.13. The van der Waals surface area contributed by atoms with E-state index in [0.717, 1.165) is 15.1 Å². The highest BCUT2D eigenvalue weighted by molar-refractivity contribution is 7.91. The Balaban J connectivity index is 1.76. The lowest BCUT2D eigenvalue weighted by atomic mass is 10.1. The molecule has 0 aliphatic carbocycles. The Hall–Kier alpha value is -1.12. The molecule has 0 saturated carbocycles. The van der Waals surface area contributed by atoms with Crippen molar-refractivity contribution in [2.75, 3.05) is 11.5 Å². The van der Waals surface area contributed by atoms with Crippen LogP contribution in [0.5, 0.6) is 0 Å². The zero-order chi connectivity index (χ0) is 20.1. The van der Waals surface area contributed by atoms with Crippen molar-refractivity contribution >= 4 is 71.7 Å². The van der Waals surface area contributed by atoms with Gasteiger partial charge in [-0.05, 0) is 42.5 Å². The second-order valence-electron chi connectivity index (χ2n) is 6.87. The fourth-order valence-corrected chi connectivity index (χ4v) is 7.99. The Labute approximate surface area is 181 Å². The molecule has 1 fully saturated rings. The molecule has 0 bridgehead atoms. The van der Waals surface area contributed by atoms with Gasteiger partial charge in [-0.2, -0.15) is 0 Å². The van der Waals surface area contributed by atoms with Gasteiger partial charge in [-0.15, -0.1) is 22.7 Å². The van der Waals surface area contributed by atoms with Crippen LogP contribution in [0.1, 0.15) is 26.5 Å². The SMILES string of the molecule is Cc1ccsc1CN(C(=O)c1sc2cccc(Cl)c2c1Cl)[C@H]1CCS(=O)(=O)C1. The van der Waals surface area contributed by atoms with Crippen LogP contribution in [-0.4, -0.2) is 36.8 Å². The van der Waals surface area contributed by atoms with E-state index in [1.165, 1.54) is 11.3 Å². The highest BCUT2D eigenvalue weighted by atomic mass is 35.5. The topological polar surface area (TPSA) is 54.5 Å². The van der Waals surface area contributed by atoms with Gasteiger partial charge in [0, 0.05) is 21.0 Å². The van der Waals surface area contributed by atoms with E-state index in [-0.39, 0.29) is 23.5 Å². The maximum Gasteiger partial charge on any atom is 0.266 e. The van der Waals surface area contributed by atoms with Crippen LogP contribution in [0.3, 0.4) is 0 Å². The molecule has 1 atom stereocenters. The van der Waals surface area contributed by atoms with E-state index >= 15 is 0 Å². The maximum atomic E-state index is 13.5. The third kappa shape index (κ3) is 3.71. The number of halogens is 2. The number of carbonyl (C=O) groups excluding carboxylic acids is 1. The van der Waals surface area contributed by atoms with E-state index in [9.17, 15) is 13.2 Å². The van der Waals surface area contributed by atoms with Crippen LogP contribution in [-0.2, 0) is 16.4 Å². The zero-order valence-corrected chi connectivity index (χ0v) is 18.9. The van der Waals surface area contributed by atoms with E-state index < -0.39 is 9.84 Å². The molecule has 1 aromatic carbocycles. The fraction of sp³-hybridized carbons (Fsp3) is 0.316. The third-order valence-corrected chi connectivity index (χ3v) is 9.70. The van der Waals surface area contributed by atoms with Gasteiger partial charge in [0.2, 0.25) is 0 Å². The molecule has 28 heavy (non-hydrogen) atoms. The molecule has 0 spiro atoms. The van der Waals surface area contributed by atoms with E-state index in [1.807, 2.05) is 30.5 Å². The molecule has 1 aliphatic heterocycles. The number of benzene rings is 1. The lowest BCUT2D eigenvalue weighted by Crippen LogP contribution is -2.40. The van der Waals surface area contributed by atoms with Crippen molar-refractivity contribution in [1.29, 1.82) is 0 Å². The van der Waals surface area contributed by atoms with Gasteiger partial charge in [0.15, 0.2) is 9.84 Å². The summed E-state index contributed by atoms with van der Waals surface area (Å²) in [5.74, 6) is -0.138. The second-order valence-corrected chi connectivity index (χ2v) is 11.9. The number of nitrogens with zero attached hydrogens (tertiary/aromatic N) is 1. The Bertz CT molecular complexity index is 1170. The largest absolute Gasteiger partial charge is 0.329 e. The summed E-state index contributed by atoms with van der Waals surface area (Å²) in [7, 11) is -3.13. The van der Waals surface area contributed by atoms with Crippen LogP contribution >= 0.6 is 45.9 Å². The number of amides is 1. The maximum absolute atomic E-state index is 13.5. The molecule has 148 valence electrons. The molecule has 4 nitrogen and oxygen atoms in total. The Morgan fingerprint density at radius 2 is 2.07 bits per heavy atom. The van der Waals surface area contributed by atoms with Crippen molar-refractivity contribution in [2.45, 2.75) is 25.9 Å². The van der Waals surface area contributed by atoms with Crippen molar-refractivity contribution in [1.82, 2.24) is 4.90 Å². The van der Waals surface area contributed by atoms with Gasteiger partial charge in [-0.3, -0.25) is 4.79 Å². The molecule has 1 amide bonds. The van der Waals surface area contributed by atoms with E-state index in [4.69, 9.17) is 23.2 Å². The molecule has 4 rings (SSSR count). The lowest BCUT2D eigenvalue weighted by Gasteiger charge is -2.28. The van der Waals surface area contributed by atoms with Gasteiger partial charge in [0.1, 0.15) is 4.88 Å². The van der Waals surface area contributed by atoms with Crippen LogP contribution in [0.15, 0.2) is 29.6 Å². The summed E-state index contributed by atoms with van der Waals surface area (Å²) in [4.78, 5) is 16.6. The number of sulfone groups is 1. The first-order valence-electron chi connectivity index (χ1n) is 8.67. The highest BCUT2D eigenvalue weighted by Crippen LogP contribution is 2.40. The van der Waals surface area contributed by atoms with Crippen LogP contribution in [0.2, 0.25) is 10.0 Å². The summed E-state index contributed by atoms with van der Waals surface area (Å²) in [6.45, 7) is 2.37. The quantitative estimate of drug-likeness (QED) is 0.508. The number of rotatable bonds is 4. The minimum Gasteiger partial charge on any atom is -0.329 e. The minimum absolute atomic E-state index is 0.00751. The summed E-state index contributed by atoms with van der Waals surface area (Å²) < 4.78 is 24.9. The van der Waals surface area contributed by atoms with Crippen LogP contribution in [0, 0.1) is 6.92 Å². The van der Waals surface area contributed by atoms with Gasteiger partial charge in [-0.25, -0.2) is 8.42 Å². The molecule has 0 N–H and O–H groups in total. The van der Waals surface area contributed by atoms with E-state index in [2.05, 4.69) is 0 Å². The average Bonchev–Trinajstić information content (AvgIpc) is 3.30. The number of aryl methyl sites for hydroxylation is 1. The molecular weight excluding hydrogens is 457 g/mol. The molecule has 3 aromatic rings. The predicted octanol–water partition coefficient (Wildman–Crippen LogP) is 5.41. The third-order valence-electron chi connectivity index (χ3n) is 4.99. The van der Waals surface area contributed by atoms with Gasteiger partial charge in [0.05, 0.1) is 28.1 Å². The van der Waals surface area contributed by atoms with Gasteiger partial charge < -0.3 is 4.90 Å². The van der Waals surface area contributed by atoms with Crippen molar-refractivity contribution in [2.24, 2.45) is 0 Å². The molecule has 0 unspecified atom stereocenters. The smallest absolute Gasteiger partial charge is 0.266 e. The van der Waals surface area contributed by atoms with Crippen molar-refractivity contribution in [3.8, 4) is 0 Å². The number of hydrogen-bond donors (Lipinski definition) is 0. The molecule has 1 aliphatic rings. The standard InChI is InChI=1S/C19H17Cl2NO3S3/c1-11-5-7-26-15(11)9-22(12-6-8-28(24,25)10-12)19(23)18-17(21)16-13(20)3-2-4-14(16)27-18/h2-5,7,12H,6,8-10H2,1H3/t12-/m0/s1. The van der Waals surface area contributed by atoms with Crippen LogP contribution in [0.25, 0.3) is 10.1 Å². The summed E-state index contributed by atoms with van der Waals surface area (Å²) in [5.41, 5.74) is 1.09. The zero-order valence-electron chi connectivity index (χ0n) is 14.9. The first-order valence-corrected chi connectivity index (χ1v) is 12.9. The summed E-state index contributed by atoms with van der Waals surface area (Å²) in [6, 6.07) is 7.09. The lowest BCUT2D eigenvalue weighted by molar-refractivity contribution is 0.0688. The molecule has 3 heterocycles. The van der Waals surface area contributed by atoms with Crippen molar-refractivity contribution < 1.29 is 13.2 Å². The van der Waals surface area contributed by atoms with Crippen molar-refractivity contribution in [3.05, 3.63) is 55.0 Å². The van der Waals surface area contributed by atoms with E-state index in [1.54, 1.807) is 22.3 Å². The number of carbonyl (C=O) groups is 1. The number of hydrogen-bond acceptors (Lipinski definition) is 5. The first kappa shape index (κ1) is 20.2. The monoisotopic (exact) mass is 473 g/mol. The van der Waals surface area contributed by atoms with Gasteiger partial charge in [0.25, 0.3) is 5.91 Å². The Morgan fingerprint density at radius 3 is 2.68 bits per heavy atom. The second kappa shape index (κ2) is 7.61. The molecular formula is C19H17Cl2NO3S3. The average molecular weight is 474 g/mol. The van der Waals surface area contributed by atoms with Crippen LogP contribution in [0.4, 0.5) is 0 Å². The fourth-order valence-electron chi connectivity index (χ4n) is 3.45. The highest BCUT2D eigenvalue weighted by Gasteiger charge is 2.36. The normalized spacial score (nSPS) is 18.6. The van der Waals surface area contributed by atoms with Crippen LogP contribution < -0.4 is 0 Å². The first-order chi connectivity index (χ1) is 13.3. The predicted molar refractivity (Wildman–Crippen MR) is 118 cm³/mol. The molecule has 1 saturated heterocycles. The number of fused-ring (bicyclic) bond motifs is 1.